The molecule has 12 nitrogen and oxygen atoms in total. The van der Waals surface area contributed by atoms with Crippen LogP contribution in [-0.4, -0.2) is 49.8 Å². The van der Waals surface area contributed by atoms with Crippen molar-refractivity contribution in [2.24, 2.45) is 0 Å². The van der Waals surface area contributed by atoms with Crippen LogP contribution in [-0.2, 0) is 0 Å². The molecule has 15 aromatic carbocycles. The normalized spacial score (nSPS) is 11.4. The average Bonchev–Trinajstić information content (AvgIpc) is 1.58. The summed E-state index contributed by atoms with van der Waals surface area (Å²) in [5.74, 6) is 4.37. The van der Waals surface area contributed by atoms with Crippen molar-refractivity contribution >= 4 is 43.9 Å². The molecule has 0 fully saturated rings. The fraction of sp³-hybridized carbons (Fsp3) is 0. The van der Waals surface area contributed by atoms with Gasteiger partial charge in [-0.1, -0.05) is 328 Å². The van der Waals surface area contributed by atoms with Crippen molar-refractivity contribution in [2.45, 2.75) is 0 Å². The van der Waals surface area contributed by atoms with E-state index in [0.717, 1.165) is 161 Å². The SMILES string of the molecule is c1ccc(-c2cc(-c3cccc(-c4ccc5c(oc6cc(-c7cccc(-c8nc(-c9ccccc9)nc(-c9ccc(-c%10ccc%11c(oc%12ccccc%12%11)c%10-c%10cccc(-c%11nc(-c%12ccccc%12)cc(-c%12ccccc%12)n%11)c%10)cc9)n8)c7)ccc65)c4-c4nc(-c5ccccc5)nc(-c5ccccc5)n4)c3)nc(-c3ccccc3)n2)cc1. The Balaban J connectivity index is 0.662. The minimum absolute atomic E-state index is 0.460. The molecular weight excluding hydrogens is 1420 g/mol. The zero-order valence-electron chi connectivity index (χ0n) is 62.2. The molecule has 0 unspecified atom stereocenters. The van der Waals surface area contributed by atoms with Crippen LogP contribution in [0.2, 0.25) is 0 Å². The van der Waals surface area contributed by atoms with Gasteiger partial charge in [0, 0.05) is 88.3 Å². The number of aromatic nitrogens is 10. The number of benzene rings is 15. The lowest BCUT2D eigenvalue weighted by Crippen LogP contribution is -2.01. The van der Waals surface area contributed by atoms with E-state index in [-0.39, 0.29) is 0 Å². The zero-order valence-corrected chi connectivity index (χ0v) is 62.2. The van der Waals surface area contributed by atoms with E-state index >= 15 is 0 Å². The van der Waals surface area contributed by atoms with Gasteiger partial charge in [0.15, 0.2) is 46.6 Å². The Labute approximate surface area is 667 Å². The number of para-hydroxylation sites is 1. The number of rotatable bonds is 16. The first kappa shape index (κ1) is 68.1. The van der Waals surface area contributed by atoms with Gasteiger partial charge in [0.05, 0.1) is 28.3 Å². The maximum atomic E-state index is 7.33. The molecule has 21 aromatic rings. The van der Waals surface area contributed by atoms with Crippen LogP contribution in [0, 0.1) is 0 Å². The Kier molecular flexibility index (Phi) is 17.3. The van der Waals surface area contributed by atoms with Crippen molar-refractivity contribution in [1.29, 1.82) is 0 Å². The van der Waals surface area contributed by atoms with Crippen LogP contribution in [0.25, 0.3) is 225 Å². The van der Waals surface area contributed by atoms with Crippen molar-refractivity contribution < 1.29 is 8.83 Å². The predicted molar refractivity (Wildman–Crippen MR) is 466 cm³/mol. The van der Waals surface area contributed by atoms with Gasteiger partial charge in [-0.25, -0.2) is 49.8 Å². The van der Waals surface area contributed by atoms with Crippen LogP contribution in [0.5, 0.6) is 0 Å². The van der Waals surface area contributed by atoms with Crippen LogP contribution in [0.1, 0.15) is 0 Å². The molecular formula is C104H64N10O2. The predicted octanol–water partition coefficient (Wildman–Crippen LogP) is 26.1. The largest absolute Gasteiger partial charge is 0.455 e. The molecule has 0 bridgehead atoms. The minimum atomic E-state index is 0.460. The summed E-state index contributed by atoms with van der Waals surface area (Å²) in [5, 5.41) is 3.90. The average molecular weight is 1490 g/mol. The van der Waals surface area contributed by atoms with Gasteiger partial charge in [-0.2, -0.15) is 0 Å². The monoisotopic (exact) mass is 1480 g/mol. The number of hydrogen-bond acceptors (Lipinski definition) is 12. The molecule has 116 heavy (non-hydrogen) atoms. The van der Waals surface area contributed by atoms with Gasteiger partial charge in [-0.3, -0.25) is 0 Å². The third-order valence-electron chi connectivity index (χ3n) is 21.3. The van der Waals surface area contributed by atoms with Gasteiger partial charge in [0.1, 0.15) is 22.3 Å². The van der Waals surface area contributed by atoms with Crippen LogP contribution >= 0.6 is 0 Å². The van der Waals surface area contributed by atoms with E-state index < -0.39 is 0 Å². The number of hydrogen-bond donors (Lipinski definition) is 0. The van der Waals surface area contributed by atoms with Gasteiger partial charge in [0.25, 0.3) is 0 Å². The third kappa shape index (κ3) is 13.1. The highest BCUT2D eigenvalue weighted by atomic mass is 16.3. The molecule has 0 aliphatic rings. The van der Waals surface area contributed by atoms with E-state index in [9.17, 15) is 0 Å². The van der Waals surface area contributed by atoms with Crippen LogP contribution < -0.4 is 0 Å². The minimum Gasteiger partial charge on any atom is -0.455 e. The van der Waals surface area contributed by atoms with E-state index in [1.807, 2.05) is 188 Å². The van der Waals surface area contributed by atoms with Crippen molar-refractivity contribution in [3.05, 3.63) is 388 Å². The Morgan fingerprint density at radius 3 is 0.940 bits per heavy atom. The highest BCUT2D eigenvalue weighted by molar-refractivity contribution is 6.14. The number of furan rings is 2. The van der Waals surface area contributed by atoms with E-state index in [0.29, 0.717) is 63.3 Å². The Hall–Kier alpha value is -15.9. The first-order chi connectivity index (χ1) is 57.4. The molecule has 6 heterocycles. The molecule has 542 valence electrons. The molecule has 0 atom stereocenters. The summed E-state index contributed by atoms with van der Waals surface area (Å²) < 4.78 is 14.2. The molecule has 0 radical (unpaired) electrons. The standard InChI is InChI=1S/C104H64N10O2/c1-8-27-66(28-9-1)87-63-88(67-29-10-2-11-30-67)107-102(106-87)80-46-26-44-78(61-80)93-81(55-57-85-83-47-22-23-48-91(83)115-95(85)93)65-49-51-73(52-50-65)101-109-98(70-35-16-5-17-36-70)111-103(112-101)79-45-24-41-74(59-79)75-53-54-84-86-58-56-82(76-42-25-43-77(60-76)90-64-89(68-31-12-3-13-32-68)105-97(108-90)69-33-14-4-15-34-69)94(96(86)116-92(84)62-75)104-113-99(71-37-18-6-19-38-71)110-100(114-104)72-39-20-7-21-40-72/h1-64H. The van der Waals surface area contributed by atoms with E-state index in [4.69, 9.17) is 58.7 Å². The molecule has 21 rings (SSSR count). The summed E-state index contributed by atoms with van der Waals surface area (Å²) in [7, 11) is 0. The summed E-state index contributed by atoms with van der Waals surface area (Å²) >= 11 is 0. The first-order valence-electron chi connectivity index (χ1n) is 38.5. The van der Waals surface area contributed by atoms with Crippen LogP contribution in [0.4, 0.5) is 0 Å². The van der Waals surface area contributed by atoms with Gasteiger partial charge >= 0.3 is 0 Å². The summed E-state index contributed by atoms with van der Waals surface area (Å²) in [6.45, 7) is 0. The van der Waals surface area contributed by atoms with Gasteiger partial charge in [0.2, 0.25) is 0 Å². The summed E-state index contributed by atoms with van der Waals surface area (Å²) in [4.78, 5) is 52.5. The third-order valence-corrected chi connectivity index (χ3v) is 21.3. The maximum absolute atomic E-state index is 7.33. The number of fused-ring (bicyclic) bond motifs is 6. The molecule has 0 aliphatic carbocycles. The molecule has 0 spiro atoms. The number of nitrogens with zero attached hydrogens (tertiary/aromatic N) is 10. The van der Waals surface area contributed by atoms with Crippen LogP contribution in [0.15, 0.2) is 397 Å². The maximum Gasteiger partial charge on any atom is 0.168 e. The second-order valence-corrected chi connectivity index (χ2v) is 28.6. The van der Waals surface area contributed by atoms with Crippen molar-refractivity contribution in [3.63, 3.8) is 0 Å². The molecule has 0 amide bonds. The van der Waals surface area contributed by atoms with Gasteiger partial charge in [-0.15, -0.1) is 0 Å². The molecule has 0 N–H and O–H groups in total. The molecule has 12 heteroatoms. The second kappa shape index (κ2) is 29.4. The van der Waals surface area contributed by atoms with E-state index in [1.54, 1.807) is 0 Å². The fourth-order valence-electron chi connectivity index (χ4n) is 15.5. The first-order valence-corrected chi connectivity index (χ1v) is 38.5. The lowest BCUT2D eigenvalue weighted by molar-refractivity contribution is 0.669. The molecule has 6 aromatic heterocycles. The van der Waals surface area contributed by atoms with Crippen molar-refractivity contribution in [3.8, 4) is 181 Å². The van der Waals surface area contributed by atoms with Crippen molar-refractivity contribution in [2.75, 3.05) is 0 Å². The summed E-state index contributed by atoms with van der Waals surface area (Å²) in [5.41, 5.74) is 24.3. The topological polar surface area (TPSA) is 155 Å². The Morgan fingerprint density at radius 2 is 0.440 bits per heavy atom. The van der Waals surface area contributed by atoms with Crippen molar-refractivity contribution in [1.82, 2.24) is 49.8 Å². The Morgan fingerprint density at radius 1 is 0.147 bits per heavy atom. The van der Waals surface area contributed by atoms with E-state index in [1.165, 1.54) is 0 Å². The van der Waals surface area contributed by atoms with E-state index in [2.05, 4.69) is 200 Å². The lowest BCUT2D eigenvalue weighted by atomic mass is 9.91. The highest BCUT2D eigenvalue weighted by Crippen LogP contribution is 2.47. The zero-order chi connectivity index (χ0) is 76.8. The van der Waals surface area contributed by atoms with Gasteiger partial charge < -0.3 is 8.83 Å². The molecule has 0 saturated carbocycles. The summed E-state index contributed by atoms with van der Waals surface area (Å²) in [6, 6.07) is 132. The highest BCUT2D eigenvalue weighted by Gasteiger charge is 2.26. The lowest BCUT2D eigenvalue weighted by Gasteiger charge is -2.14. The Bertz CT molecular complexity index is 7120. The second-order valence-electron chi connectivity index (χ2n) is 28.6. The van der Waals surface area contributed by atoms with Gasteiger partial charge in [-0.05, 0) is 99.6 Å². The quantitative estimate of drug-likeness (QED) is 0.0904. The molecule has 0 saturated heterocycles. The van der Waals surface area contributed by atoms with Crippen LogP contribution in [0.3, 0.4) is 0 Å². The molecule has 0 aliphatic heterocycles. The smallest absolute Gasteiger partial charge is 0.168 e. The summed E-state index contributed by atoms with van der Waals surface area (Å²) in [6.07, 6.45) is 0. The fourth-order valence-corrected chi connectivity index (χ4v) is 15.5.